The van der Waals surface area contributed by atoms with Gasteiger partial charge >= 0.3 is 0 Å². The van der Waals surface area contributed by atoms with Crippen LogP contribution in [0.25, 0.3) is 10.6 Å². The van der Waals surface area contributed by atoms with Crippen molar-refractivity contribution in [1.29, 1.82) is 0 Å². The van der Waals surface area contributed by atoms with Crippen LogP contribution in [0.4, 0.5) is 5.13 Å². The molecule has 3 rings (SSSR count). The minimum absolute atomic E-state index is 0.0596. The highest BCUT2D eigenvalue weighted by atomic mass is 35.5. The van der Waals surface area contributed by atoms with E-state index in [2.05, 4.69) is 20.6 Å². The van der Waals surface area contributed by atoms with E-state index in [4.69, 9.17) is 11.6 Å². The van der Waals surface area contributed by atoms with Crippen molar-refractivity contribution in [2.45, 2.75) is 26.8 Å². The van der Waals surface area contributed by atoms with Crippen LogP contribution in [0.5, 0.6) is 0 Å². The van der Waals surface area contributed by atoms with Crippen LogP contribution >= 0.6 is 34.3 Å². The van der Waals surface area contributed by atoms with Crippen LogP contribution in [0.1, 0.15) is 22.2 Å². The minimum atomic E-state index is -0.156. The van der Waals surface area contributed by atoms with E-state index in [9.17, 15) is 9.59 Å². The summed E-state index contributed by atoms with van der Waals surface area (Å²) < 4.78 is 0. The molecule has 0 saturated carbocycles. The Morgan fingerprint density at radius 1 is 1.19 bits per heavy atom. The van der Waals surface area contributed by atoms with Crippen LogP contribution in [0.15, 0.2) is 30.5 Å². The maximum Gasteiger partial charge on any atom is 0.230 e. The molecule has 9 heteroatoms. The topological polar surface area (TPSA) is 84.0 Å². The summed E-state index contributed by atoms with van der Waals surface area (Å²) in [6, 6.07) is 7.39. The van der Waals surface area contributed by atoms with Gasteiger partial charge in [0, 0.05) is 22.9 Å². The molecule has 0 bridgehead atoms. The monoisotopic (exact) mass is 420 g/mol. The Kier molecular flexibility index (Phi) is 6.20. The zero-order valence-corrected chi connectivity index (χ0v) is 17.1. The fraction of sp³-hybridized carbons (Fsp3) is 0.222. The minimum Gasteiger partial charge on any atom is -0.351 e. The standard InChI is InChI=1S/C18H17ClN4O2S2/c1-10-17(14-5-4-13(27-14)9-20-11(2)24)23-18(26-10)22-16(25)7-12-3-6-15(19)21-8-12/h3-6,8H,7,9H2,1-2H3,(H,20,24)(H,22,23,25). The Bertz CT molecular complexity index is 966. The first-order valence-corrected chi connectivity index (χ1v) is 10.1. The highest BCUT2D eigenvalue weighted by Gasteiger charge is 2.14. The van der Waals surface area contributed by atoms with E-state index in [0.717, 1.165) is 25.9 Å². The lowest BCUT2D eigenvalue weighted by Gasteiger charge is -2.01. The first kappa shape index (κ1) is 19.5. The van der Waals surface area contributed by atoms with Gasteiger partial charge in [-0.2, -0.15) is 0 Å². The number of halogens is 1. The number of hydrogen-bond acceptors (Lipinski definition) is 6. The Hall–Kier alpha value is -2.29. The number of aromatic nitrogens is 2. The third-order valence-electron chi connectivity index (χ3n) is 3.60. The van der Waals surface area contributed by atoms with E-state index >= 15 is 0 Å². The second-order valence-corrected chi connectivity index (χ2v) is 8.57. The molecule has 27 heavy (non-hydrogen) atoms. The lowest BCUT2D eigenvalue weighted by molar-refractivity contribution is -0.119. The number of rotatable bonds is 6. The molecule has 6 nitrogen and oxygen atoms in total. The highest BCUT2D eigenvalue weighted by molar-refractivity contribution is 7.18. The summed E-state index contributed by atoms with van der Waals surface area (Å²) >= 11 is 8.76. The number of aryl methyl sites for hydroxylation is 1. The zero-order valence-electron chi connectivity index (χ0n) is 14.7. The smallest absolute Gasteiger partial charge is 0.230 e. The Labute approximate surface area is 169 Å². The number of anilines is 1. The van der Waals surface area contributed by atoms with Gasteiger partial charge in [0.1, 0.15) is 5.15 Å². The molecule has 3 aromatic rings. The third-order valence-corrected chi connectivity index (χ3v) is 5.80. The maximum atomic E-state index is 12.2. The predicted molar refractivity (Wildman–Crippen MR) is 109 cm³/mol. The molecule has 0 unspecified atom stereocenters. The van der Waals surface area contributed by atoms with Crippen LogP contribution in [0.2, 0.25) is 5.15 Å². The molecule has 140 valence electrons. The summed E-state index contributed by atoms with van der Waals surface area (Å²) in [7, 11) is 0. The lowest BCUT2D eigenvalue weighted by Crippen LogP contribution is -2.17. The van der Waals surface area contributed by atoms with E-state index in [1.807, 2.05) is 19.1 Å². The summed E-state index contributed by atoms with van der Waals surface area (Å²) in [5.41, 5.74) is 1.63. The number of nitrogens with one attached hydrogen (secondary N) is 2. The number of pyridine rings is 1. The van der Waals surface area contributed by atoms with Gasteiger partial charge < -0.3 is 10.6 Å². The fourth-order valence-corrected chi connectivity index (χ4v) is 4.37. The average molecular weight is 421 g/mol. The molecule has 0 radical (unpaired) electrons. The van der Waals surface area contributed by atoms with Crippen molar-refractivity contribution >= 4 is 51.2 Å². The molecule has 2 amide bonds. The third kappa shape index (κ3) is 5.35. The second-order valence-electron chi connectivity index (χ2n) is 5.81. The first-order valence-electron chi connectivity index (χ1n) is 8.12. The van der Waals surface area contributed by atoms with Crippen LogP contribution in [0, 0.1) is 6.92 Å². The van der Waals surface area contributed by atoms with Crippen LogP contribution in [-0.2, 0) is 22.6 Å². The molecule has 0 aromatic carbocycles. The van der Waals surface area contributed by atoms with Crippen molar-refractivity contribution in [3.8, 4) is 10.6 Å². The van der Waals surface area contributed by atoms with Gasteiger partial charge in [-0.25, -0.2) is 9.97 Å². The average Bonchev–Trinajstić information content (AvgIpc) is 3.21. The van der Waals surface area contributed by atoms with Gasteiger partial charge in [0.05, 0.1) is 23.5 Å². The molecular formula is C18H17ClN4O2S2. The van der Waals surface area contributed by atoms with E-state index in [0.29, 0.717) is 16.8 Å². The van der Waals surface area contributed by atoms with Gasteiger partial charge in [-0.05, 0) is 30.7 Å². The molecule has 3 heterocycles. The summed E-state index contributed by atoms with van der Waals surface area (Å²) in [5, 5.41) is 6.58. The Balaban J connectivity index is 1.66. The molecular weight excluding hydrogens is 404 g/mol. The number of thiazole rings is 1. The van der Waals surface area contributed by atoms with E-state index in [1.54, 1.807) is 29.7 Å². The van der Waals surface area contributed by atoms with Gasteiger partial charge in [-0.15, -0.1) is 22.7 Å². The Morgan fingerprint density at radius 3 is 2.70 bits per heavy atom. The molecule has 0 aliphatic rings. The number of amides is 2. The Morgan fingerprint density at radius 2 is 2.00 bits per heavy atom. The zero-order chi connectivity index (χ0) is 19.4. The number of carbonyl (C=O) groups is 2. The summed E-state index contributed by atoms with van der Waals surface area (Å²) in [6.07, 6.45) is 1.79. The molecule has 0 aliphatic carbocycles. The quantitative estimate of drug-likeness (QED) is 0.589. The summed E-state index contributed by atoms with van der Waals surface area (Å²) in [6.45, 7) is 3.97. The first-order chi connectivity index (χ1) is 12.9. The molecule has 3 aromatic heterocycles. The van der Waals surface area contributed by atoms with Crippen molar-refractivity contribution in [1.82, 2.24) is 15.3 Å². The maximum absolute atomic E-state index is 12.2. The van der Waals surface area contributed by atoms with Gasteiger partial charge in [0.2, 0.25) is 11.8 Å². The molecule has 0 saturated heterocycles. The molecule has 0 spiro atoms. The highest BCUT2D eigenvalue weighted by Crippen LogP contribution is 2.34. The fourth-order valence-electron chi connectivity index (χ4n) is 2.35. The number of hydrogen-bond donors (Lipinski definition) is 2. The van der Waals surface area contributed by atoms with E-state index in [-0.39, 0.29) is 18.2 Å². The summed E-state index contributed by atoms with van der Waals surface area (Å²) in [5.74, 6) is -0.215. The van der Waals surface area contributed by atoms with Gasteiger partial charge in [-0.3, -0.25) is 9.59 Å². The van der Waals surface area contributed by atoms with Crippen molar-refractivity contribution in [2.24, 2.45) is 0 Å². The van der Waals surface area contributed by atoms with Crippen molar-refractivity contribution in [3.05, 3.63) is 50.9 Å². The molecule has 0 aliphatic heterocycles. The van der Waals surface area contributed by atoms with Crippen LogP contribution in [0.3, 0.4) is 0 Å². The normalized spacial score (nSPS) is 10.6. The number of thiophene rings is 1. The van der Waals surface area contributed by atoms with Gasteiger partial charge in [0.15, 0.2) is 5.13 Å². The van der Waals surface area contributed by atoms with Gasteiger partial charge in [0.25, 0.3) is 0 Å². The lowest BCUT2D eigenvalue weighted by atomic mass is 10.2. The largest absolute Gasteiger partial charge is 0.351 e. The number of carbonyl (C=O) groups excluding carboxylic acids is 2. The van der Waals surface area contributed by atoms with E-state index in [1.165, 1.54) is 18.3 Å². The molecule has 2 N–H and O–H groups in total. The molecule has 0 atom stereocenters. The predicted octanol–water partition coefficient (Wildman–Crippen LogP) is 4.05. The van der Waals surface area contributed by atoms with Crippen molar-refractivity contribution in [3.63, 3.8) is 0 Å². The van der Waals surface area contributed by atoms with Gasteiger partial charge in [-0.1, -0.05) is 17.7 Å². The van der Waals surface area contributed by atoms with E-state index < -0.39 is 0 Å². The van der Waals surface area contributed by atoms with Crippen LogP contribution in [-0.4, -0.2) is 21.8 Å². The van der Waals surface area contributed by atoms with Crippen molar-refractivity contribution in [2.75, 3.05) is 5.32 Å². The summed E-state index contributed by atoms with van der Waals surface area (Å²) in [4.78, 5) is 34.9. The second kappa shape index (κ2) is 8.60. The van der Waals surface area contributed by atoms with Crippen molar-refractivity contribution < 1.29 is 9.59 Å². The molecule has 0 fully saturated rings. The number of nitrogens with zero attached hydrogens (tertiary/aromatic N) is 2. The SMILES string of the molecule is CC(=O)NCc1ccc(-c2nc(NC(=O)Cc3ccc(Cl)nc3)sc2C)s1. The van der Waals surface area contributed by atoms with Crippen LogP contribution < -0.4 is 10.6 Å².